The van der Waals surface area contributed by atoms with Crippen LogP contribution in [0.25, 0.3) is 0 Å². The van der Waals surface area contributed by atoms with Gasteiger partial charge in [-0.05, 0) is 29.7 Å². The highest BCUT2D eigenvalue weighted by atomic mass is 32.1. The molecular formula is C11H14N4O3S2. The molecule has 0 aliphatic heterocycles. The highest BCUT2D eigenvalue weighted by Crippen LogP contribution is 2.24. The van der Waals surface area contributed by atoms with E-state index in [1.165, 1.54) is 18.4 Å². The minimum atomic E-state index is -1.11. The molecule has 2 aromatic rings. The molecule has 7 nitrogen and oxygen atoms in total. The van der Waals surface area contributed by atoms with Gasteiger partial charge >= 0.3 is 6.03 Å². The Morgan fingerprint density at radius 1 is 1.55 bits per heavy atom. The van der Waals surface area contributed by atoms with E-state index in [-0.39, 0.29) is 6.54 Å². The summed E-state index contributed by atoms with van der Waals surface area (Å²) in [5, 5.41) is 25.4. The van der Waals surface area contributed by atoms with Crippen molar-refractivity contribution in [2.45, 2.75) is 12.5 Å². The summed E-state index contributed by atoms with van der Waals surface area (Å²) in [4.78, 5) is 12.5. The number of amides is 2. The highest BCUT2D eigenvalue weighted by molar-refractivity contribution is 7.17. The first kappa shape index (κ1) is 14.7. The zero-order valence-electron chi connectivity index (χ0n) is 10.9. The van der Waals surface area contributed by atoms with E-state index in [0.717, 1.165) is 16.2 Å². The third kappa shape index (κ3) is 3.65. The van der Waals surface area contributed by atoms with Crippen molar-refractivity contribution in [2.75, 3.05) is 19.0 Å². The average Bonchev–Trinajstić information content (AvgIpc) is 3.07. The van der Waals surface area contributed by atoms with Crippen molar-refractivity contribution in [3.63, 3.8) is 0 Å². The topological polar surface area (TPSA) is 96.4 Å². The van der Waals surface area contributed by atoms with Crippen LogP contribution in [0.5, 0.6) is 5.19 Å². The molecule has 0 bridgehead atoms. The summed E-state index contributed by atoms with van der Waals surface area (Å²) in [6.45, 7) is 1.74. The number of hydrogen-bond donors (Lipinski definition) is 3. The highest BCUT2D eigenvalue weighted by Gasteiger charge is 2.25. The van der Waals surface area contributed by atoms with Crippen LogP contribution in [-0.2, 0) is 5.60 Å². The summed E-state index contributed by atoms with van der Waals surface area (Å²) in [7, 11) is 1.47. The Kier molecular flexibility index (Phi) is 4.53. The SMILES string of the molecule is COc1nnc(NC(=O)NCC(C)(O)c2cccs2)s1. The van der Waals surface area contributed by atoms with E-state index in [4.69, 9.17) is 4.74 Å². The second-order valence-corrected chi connectivity index (χ2v) is 6.02. The molecule has 2 rings (SSSR count). The minimum Gasteiger partial charge on any atom is -0.472 e. The Bertz CT molecular complexity index is 568. The molecule has 3 N–H and O–H groups in total. The maximum atomic E-state index is 11.7. The van der Waals surface area contributed by atoms with Gasteiger partial charge in [0.15, 0.2) is 0 Å². The van der Waals surface area contributed by atoms with Crippen LogP contribution >= 0.6 is 22.7 Å². The van der Waals surface area contributed by atoms with E-state index < -0.39 is 11.6 Å². The Morgan fingerprint density at radius 2 is 2.35 bits per heavy atom. The van der Waals surface area contributed by atoms with Crippen LogP contribution in [0.1, 0.15) is 11.8 Å². The molecule has 0 fully saturated rings. The predicted octanol–water partition coefficient (Wildman–Crippen LogP) is 1.64. The Hall–Kier alpha value is -1.71. The number of nitrogens with one attached hydrogen (secondary N) is 2. The minimum absolute atomic E-state index is 0.0925. The second-order valence-electron chi connectivity index (χ2n) is 4.14. The molecule has 108 valence electrons. The number of hydrogen-bond acceptors (Lipinski definition) is 7. The van der Waals surface area contributed by atoms with Crippen LogP contribution in [0.15, 0.2) is 17.5 Å². The predicted molar refractivity (Wildman–Crippen MR) is 77.4 cm³/mol. The Balaban J connectivity index is 1.86. The largest absolute Gasteiger partial charge is 0.472 e. The first-order chi connectivity index (χ1) is 9.51. The second kappa shape index (κ2) is 6.16. The summed E-state index contributed by atoms with van der Waals surface area (Å²) in [6.07, 6.45) is 0. The van der Waals surface area contributed by atoms with Gasteiger partial charge in [-0.2, -0.15) is 0 Å². The summed E-state index contributed by atoms with van der Waals surface area (Å²) in [5.41, 5.74) is -1.11. The molecule has 0 spiro atoms. The van der Waals surface area contributed by atoms with Crippen molar-refractivity contribution in [3.05, 3.63) is 22.4 Å². The fourth-order valence-corrected chi connectivity index (χ4v) is 2.75. The molecule has 0 aliphatic carbocycles. The van der Waals surface area contributed by atoms with Gasteiger partial charge in [-0.3, -0.25) is 5.32 Å². The summed E-state index contributed by atoms with van der Waals surface area (Å²) < 4.78 is 4.87. The lowest BCUT2D eigenvalue weighted by molar-refractivity contribution is 0.0637. The number of rotatable bonds is 5. The van der Waals surface area contributed by atoms with Crippen molar-refractivity contribution >= 4 is 33.8 Å². The van der Waals surface area contributed by atoms with Gasteiger partial charge in [0.25, 0.3) is 5.19 Å². The number of aliphatic hydroxyl groups is 1. The number of nitrogens with zero attached hydrogens (tertiary/aromatic N) is 2. The summed E-state index contributed by atoms with van der Waals surface area (Å²) in [6, 6.07) is 3.21. The van der Waals surface area contributed by atoms with Crippen LogP contribution in [0, 0.1) is 0 Å². The lowest BCUT2D eigenvalue weighted by Crippen LogP contribution is -2.40. The van der Waals surface area contributed by atoms with E-state index in [0.29, 0.717) is 10.3 Å². The maximum Gasteiger partial charge on any atom is 0.321 e. The third-order valence-corrected chi connectivity index (χ3v) is 4.37. The van der Waals surface area contributed by atoms with Gasteiger partial charge in [0, 0.05) is 4.88 Å². The monoisotopic (exact) mass is 314 g/mol. The lowest BCUT2D eigenvalue weighted by atomic mass is 10.1. The molecule has 0 radical (unpaired) electrons. The van der Waals surface area contributed by atoms with Crippen molar-refractivity contribution in [3.8, 4) is 5.19 Å². The van der Waals surface area contributed by atoms with Gasteiger partial charge in [0.05, 0.1) is 13.7 Å². The average molecular weight is 314 g/mol. The zero-order chi connectivity index (χ0) is 14.6. The van der Waals surface area contributed by atoms with Gasteiger partial charge in [-0.15, -0.1) is 16.4 Å². The van der Waals surface area contributed by atoms with E-state index >= 15 is 0 Å². The van der Waals surface area contributed by atoms with E-state index in [1.807, 2.05) is 17.5 Å². The van der Waals surface area contributed by atoms with Gasteiger partial charge in [0.1, 0.15) is 5.60 Å². The molecule has 0 saturated heterocycles. The van der Waals surface area contributed by atoms with Crippen molar-refractivity contribution < 1.29 is 14.6 Å². The molecule has 20 heavy (non-hydrogen) atoms. The number of carbonyl (C=O) groups excluding carboxylic acids is 1. The van der Waals surface area contributed by atoms with E-state index in [2.05, 4.69) is 20.8 Å². The molecule has 0 saturated carbocycles. The third-order valence-electron chi connectivity index (χ3n) is 2.45. The molecule has 0 aliphatic rings. The van der Waals surface area contributed by atoms with Crippen LogP contribution < -0.4 is 15.4 Å². The van der Waals surface area contributed by atoms with Gasteiger partial charge in [-0.1, -0.05) is 11.2 Å². The number of carbonyl (C=O) groups is 1. The zero-order valence-corrected chi connectivity index (χ0v) is 12.5. The smallest absolute Gasteiger partial charge is 0.321 e. The van der Waals surface area contributed by atoms with Crippen molar-refractivity contribution in [1.29, 1.82) is 0 Å². The first-order valence-corrected chi connectivity index (χ1v) is 7.39. The number of aromatic nitrogens is 2. The van der Waals surface area contributed by atoms with E-state index in [9.17, 15) is 9.90 Å². The number of ether oxygens (including phenoxy) is 1. The molecule has 1 atom stereocenters. The number of thiophene rings is 1. The number of methoxy groups -OCH3 is 1. The van der Waals surface area contributed by atoms with Crippen LogP contribution in [-0.4, -0.2) is 35.0 Å². The number of anilines is 1. The van der Waals surface area contributed by atoms with Gasteiger partial charge < -0.3 is 15.2 Å². The standard InChI is InChI=1S/C11H14N4O3S2/c1-11(17,7-4-3-5-19-7)6-12-8(16)13-9-14-15-10(18-2)20-9/h3-5,17H,6H2,1-2H3,(H2,12,13,14,16). The van der Waals surface area contributed by atoms with Crippen molar-refractivity contribution in [1.82, 2.24) is 15.5 Å². The molecule has 2 heterocycles. The molecule has 2 aromatic heterocycles. The van der Waals surface area contributed by atoms with Crippen molar-refractivity contribution in [2.24, 2.45) is 0 Å². The Labute approximate surface area is 123 Å². The lowest BCUT2D eigenvalue weighted by Gasteiger charge is -2.22. The summed E-state index contributed by atoms with van der Waals surface area (Å²) in [5.74, 6) is 0. The van der Waals surface area contributed by atoms with Crippen LogP contribution in [0.2, 0.25) is 0 Å². The summed E-state index contributed by atoms with van der Waals surface area (Å²) >= 11 is 2.55. The first-order valence-electron chi connectivity index (χ1n) is 5.70. The Morgan fingerprint density at radius 3 is 2.95 bits per heavy atom. The van der Waals surface area contributed by atoms with Crippen LogP contribution in [0.4, 0.5) is 9.93 Å². The fraction of sp³-hybridized carbons (Fsp3) is 0.364. The fourth-order valence-electron chi connectivity index (χ4n) is 1.41. The maximum absolute atomic E-state index is 11.7. The normalized spacial score (nSPS) is 13.6. The molecule has 2 amide bonds. The quantitative estimate of drug-likeness (QED) is 0.779. The molecular weight excluding hydrogens is 300 g/mol. The van der Waals surface area contributed by atoms with Gasteiger partial charge in [-0.25, -0.2) is 4.79 Å². The molecule has 1 unspecified atom stereocenters. The molecule has 9 heteroatoms. The number of urea groups is 1. The van der Waals surface area contributed by atoms with E-state index in [1.54, 1.807) is 6.92 Å². The molecule has 0 aromatic carbocycles. The van der Waals surface area contributed by atoms with Gasteiger partial charge in [0.2, 0.25) is 5.13 Å². The van der Waals surface area contributed by atoms with Crippen LogP contribution in [0.3, 0.4) is 0 Å².